The molecule has 0 radical (unpaired) electrons. The molecular formula is C15H20ClNO4. The van der Waals surface area contributed by atoms with Gasteiger partial charge < -0.3 is 14.8 Å². The van der Waals surface area contributed by atoms with Gasteiger partial charge in [0.2, 0.25) is 0 Å². The summed E-state index contributed by atoms with van der Waals surface area (Å²) in [6.45, 7) is 3.82. The quantitative estimate of drug-likeness (QED) is 0.750. The molecule has 0 bridgehead atoms. The number of amides is 1. The normalized spacial score (nSPS) is 10.3. The van der Waals surface area contributed by atoms with Crippen LogP contribution in [0.1, 0.15) is 37.0 Å². The highest BCUT2D eigenvalue weighted by atomic mass is 35.5. The molecule has 0 aromatic heterocycles. The van der Waals surface area contributed by atoms with Gasteiger partial charge in [-0.3, -0.25) is 9.59 Å². The lowest BCUT2D eigenvalue weighted by Crippen LogP contribution is -2.37. The molecule has 5 nitrogen and oxygen atoms in total. The number of carbonyl (C=O) groups is 2. The fourth-order valence-electron chi connectivity index (χ4n) is 1.88. The molecule has 0 saturated heterocycles. The molecule has 116 valence electrons. The number of nitrogens with one attached hydrogen (secondary N) is 1. The van der Waals surface area contributed by atoms with E-state index in [0.717, 1.165) is 12.8 Å². The van der Waals surface area contributed by atoms with Gasteiger partial charge in [0.05, 0.1) is 12.7 Å². The fourth-order valence-corrected chi connectivity index (χ4v) is 2.10. The molecule has 1 aromatic rings. The minimum absolute atomic E-state index is 0.124. The van der Waals surface area contributed by atoms with Crippen molar-refractivity contribution >= 4 is 23.8 Å². The lowest BCUT2D eigenvalue weighted by atomic mass is 10.2. The highest BCUT2D eigenvalue weighted by molar-refractivity contribution is 6.31. The van der Waals surface area contributed by atoms with Crippen LogP contribution in [0.2, 0.25) is 5.02 Å². The van der Waals surface area contributed by atoms with E-state index in [1.54, 1.807) is 0 Å². The van der Waals surface area contributed by atoms with Gasteiger partial charge in [-0.15, -0.1) is 0 Å². The van der Waals surface area contributed by atoms with Crippen molar-refractivity contribution in [3.63, 3.8) is 0 Å². The number of carbonyl (C=O) groups excluding carboxylic acids is 2. The molecule has 6 heteroatoms. The second-order valence-electron chi connectivity index (χ2n) is 4.51. The van der Waals surface area contributed by atoms with Gasteiger partial charge in [-0.25, -0.2) is 0 Å². The Kier molecular flexibility index (Phi) is 7.02. The van der Waals surface area contributed by atoms with Crippen molar-refractivity contribution in [1.29, 1.82) is 0 Å². The smallest absolute Gasteiger partial charge is 0.258 e. The Balaban J connectivity index is 2.79. The predicted molar refractivity (Wildman–Crippen MR) is 81.4 cm³/mol. The van der Waals surface area contributed by atoms with Crippen molar-refractivity contribution in [2.24, 2.45) is 0 Å². The van der Waals surface area contributed by atoms with Crippen LogP contribution in [0, 0.1) is 0 Å². The standard InChI is InChI=1S/C15H20ClNO4/c1-4-12(5-2)17-14(19)9-21-15-10(8-18)6-11(16)7-13(15)20-3/h6-8,12H,4-5,9H2,1-3H3,(H,17,19). The van der Waals surface area contributed by atoms with Gasteiger partial charge in [-0.1, -0.05) is 25.4 Å². The Morgan fingerprint density at radius 3 is 2.57 bits per heavy atom. The van der Waals surface area contributed by atoms with Crippen LogP contribution >= 0.6 is 11.6 Å². The summed E-state index contributed by atoms with van der Waals surface area (Å²) in [5, 5.41) is 3.22. The van der Waals surface area contributed by atoms with Crippen LogP contribution in [0.3, 0.4) is 0 Å². The highest BCUT2D eigenvalue weighted by Gasteiger charge is 2.15. The number of rotatable bonds is 8. The zero-order chi connectivity index (χ0) is 15.8. The number of ether oxygens (including phenoxy) is 2. The maximum Gasteiger partial charge on any atom is 0.258 e. The van der Waals surface area contributed by atoms with Gasteiger partial charge >= 0.3 is 0 Å². The van der Waals surface area contributed by atoms with Gasteiger partial charge in [-0.2, -0.15) is 0 Å². The van der Waals surface area contributed by atoms with Crippen LogP contribution in [-0.2, 0) is 4.79 Å². The van der Waals surface area contributed by atoms with E-state index in [-0.39, 0.29) is 29.9 Å². The van der Waals surface area contributed by atoms with Crippen LogP contribution in [0.15, 0.2) is 12.1 Å². The minimum atomic E-state index is -0.238. The van der Waals surface area contributed by atoms with Gasteiger partial charge in [0.1, 0.15) is 0 Å². The third kappa shape index (κ3) is 4.93. The van der Waals surface area contributed by atoms with E-state index < -0.39 is 0 Å². The molecule has 0 aliphatic rings. The lowest BCUT2D eigenvalue weighted by molar-refractivity contribution is -0.123. The summed E-state index contributed by atoms with van der Waals surface area (Å²) in [4.78, 5) is 22.9. The molecule has 0 heterocycles. The Bertz CT molecular complexity index is 501. The maximum atomic E-state index is 11.8. The van der Waals surface area contributed by atoms with E-state index >= 15 is 0 Å². The predicted octanol–water partition coefficient (Wildman–Crippen LogP) is 2.84. The zero-order valence-electron chi connectivity index (χ0n) is 12.4. The molecule has 1 aromatic carbocycles. The highest BCUT2D eigenvalue weighted by Crippen LogP contribution is 2.33. The van der Waals surface area contributed by atoms with E-state index in [1.165, 1.54) is 19.2 Å². The van der Waals surface area contributed by atoms with Crippen molar-refractivity contribution in [2.45, 2.75) is 32.7 Å². The molecule has 0 saturated carbocycles. The molecule has 0 aliphatic carbocycles. The average Bonchev–Trinajstić information content (AvgIpc) is 2.50. The lowest BCUT2D eigenvalue weighted by Gasteiger charge is -2.16. The molecular weight excluding hydrogens is 294 g/mol. The monoisotopic (exact) mass is 313 g/mol. The maximum absolute atomic E-state index is 11.8. The van der Waals surface area contributed by atoms with Crippen LogP contribution in [0.25, 0.3) is 0 Å². The van der Waals surface area contributed by atoms with Crippen molar-refractivity contribution in [2.75, 3.05) is 13.7 Å². The summed E-state index contributed by atoms with van der Waals surface area (Å²) in [5.74, 6) is 0.300. The van der Waals surface area contributed by atoms with Gasteiger partial charge in [0.15, 0.2) is 24.4 Å². The number of hydrogen-bond donors (Lipinski definition) is 1. The molecule has 0 atom stereocenters. The van der Waals surface area contributed by atoms with Crippen molar-refractivity contribution in [3.05, 3.63) is 22.7 Å². The van der Waals surface area contributed by atoms with Crippen molar-refractivity contribution < 1.29 is 19.1 Å². The largest absolute Gasteiger partial charge is 0.493 e. The first-order valence-corrected chi connectivity index (χ1v) is 7.18. The average molecular weight is 314 g/mol. The summed E-state index contributed by atoms with van der Waals surface area (Å²) in [6.07, 6.45) is 2.32. The molecule has 0 aliphatic heterocycles. The Hall–Kier alpha value is -1.75. The van der Waals surface area contributed by atoms with Crippen LogP contribution < -0.4 is 14.8 Å². The van der Waals surface area contributed by atoms with E-state index in [2.05, 4.69) is 5.32 Å². The van der Waals surface area contributed by atoms with Crippen LogP contribution in [-0.4, -0.2) is 32.0 Å². The molecule has 1 rings (SSSR count). The third-order valence-electron chi connectivity index (χ3n) is 3.09. The zero-order valence-corrected chi connectivity index (χ0v) is 13.2. The van der Waals surface area contributed by atoms with Crippen LogP contribution in [0.4, 0.5) is 0 Å². The molecule has 1 amide bonds. The second-order valence-corrected chi connectivity index (χ2v) is 4.95. The van der Waals surface area contributed by atoms with Gasteiger partial charge in [-0.05, 0) is 18.9 Å². The molecule has 21 heavy (non-hydrogen) atoms. The van der Waals surface area contributed by atoms with Gasteiger partial charge in [0, 0.05) is 17.1 Å². The Morgan fingerprint density at radius 1 is 1.38 bits per heavy atom. The minimum Gasteiger partial charge on any atom is -0.493 e. The Labute approximate surface area is 129 Å². The van der Waals surface area contributed by atoms with E-state index in [1.807, 2.05) is 13.8 Å². The molecule has 0 fully saturated rings. The summed E-state index contributed by atoms with van der Waals surface area (Å²) in [6, 6.07) is 3.12. The summed E-state index contributed by atoms with van der Waals surface area (Å²) in [7, 11) is 1.44. The van der Waals surface area contributed by atoms with E-state index in [9.17, 15) is 9.59 Å². The number of halogens is 1. The van der Waals surface area contributed by atoms with Crippen molar-refractivity contribution in [1.82, 2.24) is 5.32 Å². The molecule has 1 N–H and O–H groups in total. The summed E-state index contributed by atoms with van der Waals surface area (Å²) >= 11 is 5.87. The number of benzene rings is 1. The number of hydrogen-bond acceptors (Lipinski definition) is 4. The van der Waals surface area contributed by atoms with E-state index in [0.29, 0.717) is 17.1 Å². The van der Waals surface area contributed by atoms with Crippen molar-refractivity contribution in [3.8, 4) is 11.5 Å². The first-order valence-electron chi connectivity index (χ1n) is 6.80. The van der Waals surface area contributed by atoms with Crippen LogP contribution in [0.5, 0.6) is 11.5 Å². The first kappa shape index (κ1) is 17.3. The summed E-state index contributed by atoms with van der Waals surface area (Å²) in [5.41, 5.74) is 0.245. The Morgan fingerprint density at radius 2 is 2.05 bits per heavy atom. The summed E-state index contributed by atoms with van der Waals surface area (Å²) < 4.78 is 10.6. The topological polar surface area (TPSA) is 64.6 Å². The fraction of sp³-hybridized carbons (Fsp3) is 0.467. The first-order chi connectivity index (χ1) is 10.0. The number of aldehydes is 1. The van der Waals surface area contributed by atoms with E-state index in [4.69, 9.17) is 21.1 Å². The molecule has 0 spiro atoms. The third-order valence-corrected chi connectivity index (χ3v) is 3.31. The molecule has 0 unspecified atom stereocenters. The second kappa shape index (κ2) is 8.52. The number of methoxy groups -OCH3 is 1. The SMILES string of the molecule is CCC(CC)NC(=O)COc1c(C=O)cc(Cl)cc1OC. The van der Waals surface area contributed by atoms with Gasteiger partial charge in [0.25, 0.3) is 5.91 Å².